The van der Waals surface area contributed by atoms with Crippen LogP contribution in [-0.4, -0.2) is 16.1 Å². The summed E-state index contributed by atoms with van der Waals surface area (Å²) < 4.78 is 0. The first kappa shape index (κ1) is 12.2. The summed E-state index contributed by atoms with van der Waals surface area (Å²) in [6.45, 7) is 0. The molecule has 4 heteroatoms. The Hall–Kier alpha value is -1.87. The van der Waals surface area contributed by atoms with Crippen molar-refractivity contribution in [1.82, 2.24) is 4.98 Å². The lowest BCUT2D eigenvalue weighted by molar-refractivity contribution is -0.131. The third-order valence-electron chi connectivity index (χ3n) is 3.41. The van der Waals surface area contributed by atoms with Crippen LogP contribution >= 0.6 is 11.6 Å². The van der Waals surface area contributed by atoms with Gasteiger partial charge in [0, 0.05) is 22.2 Å². The number of hydrogen-bond donors (Lipinski definition) is 1. The van der Waals surface area contributed by atoms with Crippen LogP contribution in [-0.2, 0) is 17.6 Å². The number of carbonyl (C=O) groups is 1. The molecule has 1 aliphatic carbocycles. The van der Waals surface area contributed by atoms with Gasteiger partial charge in [-0.15, -0.1) is 0 Å². The molecule has 96 valence electrons. The summed E-state index contributed by atoms with van der Waals surface area (Å²) in [5.41, 5.74) is 4.06. The fourth-order valence-electron chi connectivity index (χ4n) is 2.62. The highest BCUT2D eigenvalue weighted by Crippen LogP contribution is 2.32. The van der Waals surface area contributed by atoms with Crippen LogP contribution in [0.4, 0.5) is 0 Å². The number of aliphatic carboxylic acids is 1. The summed E-state index contributed by atoms with van der Waals surface area (Å²) in [7, 11) is 0. The third kappa shape index (κ3) is 2.22. The molecule has 0 bridgehead atoms. The Morgan fingerprint density at radius 3 is 3.00 bits per heavy atom. The van der Waals surface area contributed by atoms with E-state index in [1.54, 1.807) is 6.08 Å². The average Bonchev–Trinajstić information content (AvgIpc) is 2.82. The predicted molar refractivity (Wildman–Crippen MR) is 75.4 cm³/mol. The van der Waals surface area contributed by atoms with Crippen LogP contribution in [0.25, 0.3) is 17.0 Å². The Kier molecular flexibility index (Phi) is 2.99. The van der Waals surface area contributed by atoms with Gasteiger partial charge in [0.1, 0.15) is 0 Å². The molecule has 3 nitrogen and oxygen atoms in total. The fraction of sp³-hybridized carbons (Fsp3) is 0.200. The lowest BCUT2D eigenvalue weighted by Crippen LogP contribution is -1.96. The smallest absolute Gasteiger partial charge is 0.328 e. The van der Waals surface area contributed by atoms with Gasteiger partial charge >= 0.3 is 5.97 Å². The molecule has 0 saturated heterocycles. The lowest BCUT2D eigenvalue weighted by Gasteiger charge is -2.09. The van der Waals surface area contributed by atoms with Gasteiger partial charge in [-0.05, 0) is 54.7 Å². The van der Waals surface area contributed by atoms with E-state index >= 15 is 0 Å². The minimum Gasteiger partial charge on any atom is -0.478 e. The zero-order chi connectivity index (χ0) is 13.4. The molecule has 1 aromatic heterocycles. The maximum Gasteiger partial charge on any atom is 0.328 e. The second kappa shape index (κ2) is 4.67. The van der Waals surface area contributed by atoms with Crippen LogP contribution in [0.15, 0.2) is 24.3 Å². The first-order chi connectivity index (χ1) is 9.15. The van der Waals surface area contributed by atoms with E-state index in [0.29, 0.717) is 5.02 Å². The van der Waals surface area contributed by atoms with Crippen molar-refractivity contribution in [3.63, 3.8) is 0 Å². The van der Waals surface area contributed by atoms with Crippen molar-refractivity contribution < 1.29 is 9.90 Å². The van der Waals surface area contributed by atoms with Crippen LogP contribution in [0.3, 0.4) is 0 Å². The van der Waals surface area contributed by atoms with Gasteiger partial charge in [-0.25, -0.2) is 4.79 Å². The zero-order valence-corrected chi connectivity index (χ0v) is 10.9. The summed E-state index contributed by atoms with van der Waals surface area (Å²) in [6, 6.07) is 5.54. The minimum atomic E-state index is -0.946. The Morgan fingerprint density at radius 2 is 2.21 bits per heavy atom. The number of halogens is 1. The number of rotatable bonds is 2. The Bertz CT molecular complexity index is 707. The number of benzene rings is 1. The van der Waals surface area contributed by atoms with E-state index in [9.17, 15) is 4.79 Å². The highest BCUT2D eigenvalue weighted by atomic mass is 35.5. The van der Waals surface area contributed by atoms with E-state index in [0.717, 1.165) is 47.0 Å². The molecule has 0 amide bonds. The molecule has 0 radical (unpaired) electrons. The lowest BCUT2D eigenvalue weighted by atomic mass is 10.0. The third-order valence-corrected chi connectivity index (χ3v) is 3.65. The van der Waals surface area contributed by atoms with Crippen molar-refractivity contribution in [1.29, 1.82) is 0 Å². The van der Waals surface area contributed by atoms with Crippen molar-refractivity contribution >= 4 is 34.5 Å². The molecule has 0 spiro atoms. The molecule has 3 rings (SSSR count). The number of carboxylic acid groups (broad SMARTS) is 1. The number of aryl methyl sites for hydroxylation is 1. The van der Waals surface area contributed by atoms with Crippen molar-refractivity contribution in [3.05, 3.63) is 46.1 Å². The van der Waals surface area contributed by atoms with E-state index in [2.05, 4.69) is 4.98 Å². The number of nitrogens with zero attached hydrogens (tertiary/aromatic N) is 1. The maximum absolute atomic E-state index is 10.7. The van der Waals surface area contributed by atoms with E-state index in [1.165, 1.54) is 6.08 Å². The van der Waals surface area contributed by atoms with Gasteiger partial charge < -0.3 is 5.11 Å². The standard InChI is InChI=1S/C15H12ClNO2/c16-9-4-6-14-12(8-9)10(5-7-15(18)19)11-2-1-3-13(11)17-14/h4-8H,1-3H2,(H,18,19)/b7-5+. The van der Waals surface area contributed by atoms with Crippen LogP contribution in [0.2, 0.25) is 5.02 Å². The van der Waals surface area contributed by atoms with Gasteiger partial charge in [-0.3, -0.25) is 4.98 Å². The molecule has 0 saturated carbocycles. The molecule has 1 N–H and O–H groups in total. The van der Waals surface area contributed by atoms with Gasteiger partial charge in [0.15, 0.2) is 0 Å². The van der Waals surface area contributed by atoms with Crippen LogP contribution in [0, 0.1) is 0 Å². The first-order valence-electron chi connectivity index (χ1n) is 6.17. The molecule has 1 heterocycles. The first-order valence-corrected chi connectivity index (χ1v) is 6.55. The van der Waals surface area contributed by atoms with Gasteiger partial charge in [0.2, 0.25) is 0 Å². The zero-order valence-electron chi connectivity index (χ0n) is 10.2. The molecule has 19 heavy (non-hydrogen) atoms. The quantitative estimate of drug-likeness (QED) is 0.853. The monoisotopic (exact) mass is 273 g/mol. The van der Waals surface area contributed by atoms with Crippen molar-refractivity contribution in [2.45, 2.75) is 19.3 Å². The van der Waals surface area contributed by atoms with E-state index in [-0.39, 0.29) is 0 Å². The topological polar surface area (TPSA) is 50.2 Å². The van der Waals surface area contributed by atoms with Gasteiger partial charge in [-0.2, -0.15) is 0 Å². The van der Waals surface area contributed by atoms with Crippen molar-refractivity contribution in [2.75, 3.05) is 0 Å². The van der Waals surface area contributed by atoms with Gasteiger partial charge in [0.25, 0.3) is 0 Å². The summed E-state index contributed by atoms with van der Waals surface area (Å²) in [5.74, 6) is -0.946. The Labute approximate surface area is 115 Å². The van der Waals surface area contributed by atoms with Crippen LogP contribution in [0.5, 0.6) is 0 Å². The van der Waals surface area contributed by atoms with E-state index in [4.69, 9.17) is 16.7 Å². The van der Waals surface area contributed by atoms with Gasteiger partial charge in [-0.1, -0.05) is 11.6 Å². The maximum atomic E-state index is 10.7. The molecule has 0 fully saturated rings. The molecular weight excluding hydrogens is 262 g/mol. The van der Waals surface area contributed by atoms with Crippen molar-refractivity contribution in [3.8, 4) is 0 Å². The van der Waals surface area contributed by atoms with Crippen molar-refractivity contribution in [2.24, 2.45) is 0 Å². The Morgan fingerprint density at radius 1 is 1.37 bits per heavy atom. The number of carboxylic acids is 1. The molecule has 0 atom stereocenters. The van der Waals surface area contributed by atoms with Gasteiger partial charge in [0.05, 0.1) is 5.52 Å². The summed E-state index contributed by atoms with van der Waals surface area (Å²) >= 11 is 6.04. The molecule has 1 aromatic carbocycles. The van der Waals surface area contributed by atoms with Crippen LogP contribution in [0.1, 0.15) is 23.2 Å². The molecule has 1 aliphatic rings. The number of aromatic nitrogens is 1. The Balaban J connectivity index is 2.31. The minimum absolute atomic E-state index is 0.636. The molecule has 2 aromatic rings. The second-order valence-corrected chi connectivity index (χ2v) is 5.07. The highest BCUT2D eigenvalue weighted by Gasteiger charge is 2.18. The number of pyridine rings is 1. The average molecular weight is 274 g/mol. The molecule has 0 unspecified atom stereocenters. The second-order valence-electron chi connectivity index (χ2n) is 4.64. The predicted octanol–water partition coefficient (Wildman–Crippen LogP) is 3.47. The summed E-state index contributed by atoms with van der Waals surface area (Å²) in [4.78, 5) is 15.4. The number of fused-ring (bicyclic) bond motifs is 2. The molecular formula is C15H12ClNO2. The van der Waals surface area contributed by atoms with Crippen LogP contribution < -0.4 is 0 Å². The largest absolute Gasteiger partial charge is 0.478 e. The summed E-state index contributed by atoms with van der Waals surface area (Å²) in [6.07, 6.45) is 5.81. The highest BCUT2D eigenvalue weighted by molar-refractivity contribution is 6.31. The fourth-order valence-corrected chi connectivity index (χ4v) is 2.79. The molecule has 0 aliphatic heterocycles. The number of hydrogen-bond acceptors (Lipinski definition) is 2. The van der Waals surface area contributed by atoms with E-state index < -0.39 is 5.97 Å². The SMILES string of the molecule is O=C(O)/C=C/c1c2c(nc3ccc(Cl)cc13)CCC2. The van der Waals surface area contributed by atoms with E-state index in [1.807, 2.05) is 18.2 Å². The summed E-state index contributed by atoms with van der Waals surface area (Å²) in [5, 5.41) is 10.4. The normalized spacial score (nSPS) is 14.2.